The third-order valence-electron chi connectivity index (χ3n) is 2.69. The molecule has 1 rings (SSSR count). The third-order valence-corrected chi connectivity index (χ3v) is 2.99. The molecular weight excluding hydrogens is 251 g/mol. The topological polar surface area (TPSA) is 80.9 Å². The smallest absolute Gasteiger partial charge is 0.423 e. The van der Waals surface area contributed by atoms with Crippen LogP contribution >= 0.6 is 12.6 Å². The maximum Gasteiger partial charge on any atom is 0.488 e. The van der Waals surface area contributed by atoms with Gasteiger partial charge in [-0.15, -0.1) is 12.6 Å². The van der Waals surface area contributed by atoms with Gasteiger partial charge < -0.3 is 20.3 Å². The van der Waals surface area contributed by atoms with Gasteiger partial charge in [0.25, 0.3) is 0 Å². The molecule has 0 saturated heterocycles. The zero-order valence-corrected chi connectivity index (χ0v) is 12.0. The molecule has 1 aromatic carbocycles. The second-order valence-corrected chi connectivity index (χ2v) is 5.60. The first-order chi connectivity index (χ1) is 7.95. The van der Waals surface area contributed by atoms with Gasteiger partial charge in [-0.1, -0.05) is 12.1 Å². The molecule has 0 atom stereocenters. The van der Waals surface area contributed by atoms with Crippen LogP contribution in [0, 0.1) is 0 Å². The Labute approximate surface area is 114 Å². The highest BCUT2D eigenvalue weighted by molar-refractivity contribution is 7.80. The highest BCUT2D eigenvalue weighted by atomic mass is 32.1. The first-order valence-electron chi connectivity index (χ1n) is 5.55. The van der Waals surface area contributed by atoms with Gasteiger partial charge in [0.05, 0.1) is 11.2 Å². The first kappa shape index (κ1) is 17.5. The Morgan fingerprint density at radius 3 is 1.44 bits per heavy atom. The Morgan fingerprint density at radius 2 is 1.22 bits per heavy atom. The lowest BCUT2D eigenvalue weighted by Gasteiger charge is -2.31. The monoisotopic (exact) mass is 272 g/mol. The van der Waals surface area contributed by atoms with Crippen LogP contribution in [0.3, 0.4) is 0 Å². The zero-order valence-electron chi connectivity index (χ0n) is 11.1. The molecule has 1 aromatic rings. The Hall–Kier alpha value is -0.525. The Bertz CT molecular complexity index is 340. The molecule has 0 aromatic heterocycles. The molecule has 18 heavy (non-hydrogen) atoms. The summed E-state index contributed by atoms with van der Waals surface area (Å²) in [6, 6.07) is 6.65. The molecular formula is C12H21BO4S. The van der Waals surface area contributed by atoms with Gasteiger partial charge in [0.1, 0.15) is 0 Å². The minimum atomic E-state index is -1.38. The normalized spacial score (nSPS) is 11.6. The highest BCUT2D eigenvalue weighted by Crippen LogP contribution is 2.19. The average molecular weight is 272 g/mol. The maximum absolute atomic E-state index is 9.10. The number of rotatable bonds is 2. The van der Waals surface area contributed by atoms with Crippen molar-refractivity contribution < 1.29 is 20.3 Å². The summed E-state index contributed by atoms with van der Waals surface area (Å²) >= 11 is 4.04. The Morgan fingerprint density at radius 1 is 0.889 bits per heavy atom. The van der Waals surface area contributed by atoms with Crippen molar-refractivity contribution in [3.8, 4) is 0 Å². The molecule has 4 nitrogen and oxygen atoms in total. The third kappa shape index (κ3) is 6.42. The van der Waals surface area contributed by atoms with Gasteiger partial charge >= 0.3 is 7.12 Å². The number of hydrogen-bond acceptors (Lipinski definition) is 5. The van der Waals surface area contributed by atoms with Crippen LogP contribution in [0.25, 0.3) is 0 Å². The molecule has 0 aliphatic carbocycles. The minimum Gasteiger partial charge on any atom is -0.423 e. The Balaban J connectivity index is 0.000000331. The molecule has 0 spiro atoms. The van der Waals surface area contributed by atoms with Gasteiger partial charge in [0.15, 0.2) is 0 Å². The summed E-state index contributed by atoms with van der Waals surface area (Å²) in [5.41, 5.74) is -1.53. The van der Waals surface area contributed by atoms with Crippen molar-refractivity contribution in [3.05, 3.63) is 24.3 Å². The molecule has 0 heterocycles. The number of hydrogen-bond donors (Lipinski definition) is 5. The van der Waals surface area contributed by atoms with Crippen molar-refractivity contribution in [1.82, 2.24) is 0 Å². The van der Waals surface area contributed by atoms with E-state index in [1.165, 1.54) is 0 Å². The van der Waals surface area contributed by atoms with Crippen LogP contribution in [-0.4, -0.2) is 38.6 Å². The predicted octanol–water partition coefficient (Wildman–Crippen LogP) is 0.183. The van der Waals surface area contributed by atoms with Gasteiger partial charge in [-0.3, -0.25) is 0 Å². The van der Waals surface area contributed by atoms with E-state index >= 15 is 0 Å². The lowest BCUT2D eigenvalue weighted by atomic mass is 9.81. The van der Waals surface area contributed by atoms with Gasteiger partial charge in [-0.2, -0.15) is 0 Å². The molecule has 0 radical (unpaired) electrons. The molecule has 0 amide bonds. The van der Waals surface area contributed by atoms with Gasteiger partial charge in [-0.25, -0.2) is 0 Å². The summed E-state index contributed by atoms with van der Waals surface area (Å²) in [4.78, 5) is 0.810. The molecule has 0 unspecified atom stereocenters. The summed E-state index contributed by atoms with van der Waals surface area (Å²) in [6.07, 6.45) is 0. The van der Waals surface area contributed by atoms with E-state index in [1.54, 1.807) is 52.0 Å². The van der Waals surface area contributed by atoms with Crippen molar-refractivity contribution in [2.24, 2.45) is 0 Å². The fourth-order valence-corrected chi connectivity index (χ4v) is 0.796. The van der Waals surface area contributed by atoms with Crippen LogP contribution in [0.2, 0.25) is 0 Å². The van der Waals surface area contributed by atoms with E-state index < -0.39 is 18.3 Å². The largest absolute Gasteiger partial charge is 0.488 e. The molecule has 4 N–H and O–H groups in total. The summed E-state index contributed by atoms with van der Waals surface area (Å²) in [5, 5.41) is 35.5. The van der Waals surface area contributed by atoms with E-state index in [1.807, 2.05) is 0 Å². The van der Waals surface area contributed by atoms with Crippen molar-refractivity contribution in [2.45, 2.75) is 43.8 Å². The van der Waals surface area contributed by atoms with Gasteiger partial charge in [-0.05, 0) is 45.3 Å². The summed E-state index contributed by atoms with van der Waals surface area (Å²) < 4.78 is 0. The Kier molecular flexibility index (Phi) is 6.39. The quantitative estimate of drug-likeness (QED) is 0.393. The summed E-state index contributed by atoms with van der Waals surface area (Å²) in [5.74, 6) is 0. The standard InChI is InChI=1S/C6H7BO2S.C6H14O2/c8-7(9)5-1-3-6(10)4-2-5;1-5(2,7)6(3,4)8/h1-4,8-10H;7-8H,1-4H3. The fraction of sp³-hybridized carbons (Fsp3) is 0.500. The van der Waals surface area contributed by atoms with Crippen LogP contribution in [0.4, 0.5) is 0 Å². The van der Waals surface area contributed by atoms with Crippen molar-refractivity contribution in [1.29, 1.82) is 0 Å². The van der Waals surface area contributed by atoms with E-state index in [4.69, 9.17) is 20.3 Å². The van der Waals surface area contributed by atoms with E-state index in [0.717, 1.165) is 4.90 Å². The number of aliphatic hydroxyl groups is 2. The minimum absolute atomic E-state index is 0.484. The lowest BCUT2D eigenvalue weighted by Crippen LogP contribution is -2.44. The van der Waals surface area contributed by atoms with Crippen LogP contribution in [0.5, 0.6) is 0 Å². The van der Waals surface area contributed by atoms with Crippen molar-refractivity contribution in [2.75, 3.05) is 0 Å². The number of benzene rings is 1. The molecule has 0 bridgehead atoms. The second-order valence-electron chi connectivity index (χ2n) is 5.08. The van der Waals surface area contributed by atoms with E-state index in [2.05, 4.69) is 12.6 Å². The van der Waals surface area contributed by atoms with E-state index in [-0.39, 0.29) is 0 Å². The molecule has 102 valence electrons. The molecule has 6 heteroatoms. The zero-order chi connectivity index (χ0) is 14.6. The molecule has 0 aliphatic heterocycles. The highest BCUT2D eigenvalue weighted by Gasteiger charge is 2.31. The summed E-state index contributed by atoms with van der Waals surface area (Å²) in [6.45, 7) is 6.31. The average Bonchev–Trinajstić information content (AvgIpc) is 2.16. The summed E-state index contributed by atoms with van der Waals surface area (Å²) in [7, 11) is -1.38. The molecule has 0 fully saturated rings. The van der Waals surface area contributed by atoms with Crippen LogP contribution in [-0.2, 0) is 0 Å². The second kappa shape index (κ2) is 6.59. The first-order valence-corrected chi connectivity index (χ1v) is 5.99. The van der Waals surface area contributed by atoms with Crippen LogP contribution in [0.1, 0.15) is 27.7 Å². The SMILES string of the molecule is CC(C)(O)C(C)(C)O.OB(O)c1ccc(S)cc1. The molecule has 0 saturated carbocycles. The van der Waals surface area contributed by atoms with Crippen LogP contribution in [0.15, 0.2) is 29.2 Å². The molecule has 0 aliphatic rings. The van der Waals surface area contributed by atoms with E-state index in [9.17, 15) is 0 Å². The van der Waals surface area contributed by atoms with Crippen LogP contribution < -0.4 is 5.46 Å². The maximum atomic E-state index is 9.10. The number of thiol groups is 1. The van der Waals surface area contributed by atoms with Gasteiger partial charge in [0, 0.05) is 4.90 Å². The lowest BCUT2D eigenvalue weighted by molar-refractivity contribution is -0.107. The predicted molar refractivity (Wildman–Crippen MR) is 76.1 cm³/mol. The fourth-order valence-electron chi connectivity index (χ4n) is 0.646. The van der Waals surface area contributed by atoms with Crippen molar-refractivity contribution in [3.63, 3.8) is 0 Å². The van der Waals surface area contributed by atoms with Crippen molar-refractivity contribution >= 4 is 25.2 Å². The van der Waals surface area contributed by atoms with E-state index in [0.29, 0.717) is 5.46 Å². The van der Waals surface area contributed by atoms with Gasteiger partial charge in [0.2, 0.25) is 0 Å².